The number of nitrogens with zero attached hydrogens (tertiary/aromatic N) is 1. The van der Waals surface area contributed by atoms with E-state index in [4.69, 9.17) is 32.7 Å². The van der Waals surface area contributed by atoms with Gasteiger partial charge in [-0.15, -0.1) is 0 Å². The second-order valence-corrected chi connectivity index (χ2v) is 8.24. The Hall–Kier alpha value is -3.46. The zero-order chi connectivity index (χ0) is 24.0. The molecule has 0 atom stereocenters. The Labute approximate surface area is 203 Å². The summed E-state index contributed by atoms with van der Waals surface area (Å²) < 4.78 is 11.3. The Morgan fingerprint density at radius 2 is 1.82 bits per heavy atom. The van der Waals surface area contributed by atoms with Gasteiger partial charge in [-0.05, 0) is 72.5 Å². The lowest BCUT2D eigenvalue weighted by atomic mass is 10.1. The number of rotatable bonds is 7. The number of nitriles is 1. The summed E-state index contributed by atoms with van der Waals surface area (Å²) in [6, 6.07) is 18.2. The molecule has 0 radical (unpaired) electrons. The maximum Gasteiger partial charge on any atom is 0.266 e. The maximum absolute atomic E-state index is 12.7. The van der Waals surface area contributed by atoms with Gasteiger partial charge in [0.25, 0.3) is 5.91 Å². The highest BCUT2D eigenvalue weighted by molar-refractivity contribution is 6.32. The third kappa shape index (κ3) is 6.29. The molecule has 1 N–H and O–H groups in total. The number of aryl methyl sites for hydroxylation is 2. The van der Waals surface area contributed by atoms with E-state index in [1.807, 2.05) is 50.2 Å². The summed E-state index contributed by atoms with van der Waals surface area (Å²) in [5.41, 5.74) is 3.94. The first kappa shape index (κ1) is 24.2. The lowest BCUT2D eigenvalue weighted by molar-refractivity contribution is -0.112. The average Bonchev–Trinajstić information content (AvgIpc) is 2.79. The summed E-state index contributed by atoms with van der Waals surface area (Å²) in [5, 5.41) is 13.3. The molecule has 0 unspecified atom stereocenters. The fourth-order valence-corrected chi connectivity index (χ4v) is 3.47. The third-order valence-electron chi connectivity index (χ3n) is 4.87. The molecule has 168 valence electrons. The van der Waals surface area contributed by atoms with Gasteiger partial charge in [0.15, 0.2) is 11.5 Å². The Morgan fingerprint density at radius 1 is 1.09 bits per heavy atom. The van der Waals surface area contributed by atoms with E-state index in [1.54, 1.807) is 24.3 Å². The third-order valence-corrected chi connectivity index (χ3v) is 5.40. The molecular formula is C26H22Cl2N2O3. The van der Waals surface area contributed by atoms with Gasteiger partial charge in [0, 0.05) is 10.7 Å². The van der Waals surface area contributed by atoms with E-state index in [1.165, 1.54) is 13.2 Å². The summed E-state index contributed by atoms with van der Waals surface area (Å²) in [7, 11) is 1.49. The Morgan fingerprint density at radius 3 is 2.48 bits per heavy atom. The number of nitrogens with one attached hydrogen (secondary N) is 1. The molecule has 0 heterocycles. The van der Waals surface area contributed by atoms with E-state index >= 15 is 0 Å². The van der Waals surface area contributed by atoms with E-state index in [0.29, 0.717) is 32.8 Å². The number of amides is 1. The van der Waals surface area contributed by atoms with Crippen molar-refractivity contribution < 1.29 is 14.3 Å². The van der Waals surface area contributed by atoms with Crippen LogP contribution in [0, 0.1) is 25.2 Å². The van der Waals surface area contributed by atoms with Crippen molar-refractivity contribution in [3.8, 4) is 17.6 Å². The van der Waals surface area contributed by atoms with Gasteiger partial charge in [-0.2, -0.15) is 5.26 Å². The van der Waals surface area contributed by atoms with Crippen LogP contribution in [0.1, 0.15) is 22.3 Å². The highest BCUT2D eigenvalue weighted by atomic mass is 35.5. The van der Waals surface area contributed by atoms with Crippen LogP contribution in [0.4, 0.5) is 5.69 Å². The molecular weight excluding hydrogens is 459 g/mol. The van der Waals surface area contributed by atoms with Crippen LogP contribution in [0.15, 0.2) is 60.2 Å². The number of carbonyl (C=O) groups excluding carboxylic acids is 1. The van der Waals surface area contributed by atoms with Crippen molar-refractivity contribution in [2.45, 2.75) is 20.5 Å². The molecule has 0 bridgehead atoms. The Kier molecular flexibility index (Phi) is 8.00. The quantitative estimate of drug-likeness (QED) is 0.300. The Balaban J connectivity index is 1.83. The molecule has 7 heteroatoms. The topological polar surface area (TPSA) is 71.3 Å². The molecule has 0 aliphatic rings. The fraction of sp³-hybridized carbons (Fsp3) is 0.154. The van der Waals surface area contributed by atoms with E-state index < -0.39 is 5.91 Å². The van der Waals surface area contributed by atoms with Crippen molar-refractivity contribution in [3.05, 3.63) is 92.5 Å². The van der Waals surface area contributed by atoms with E-state index in [2.05, 4.69) is 5.32 Å². The number of methoxy groups -OCH3 is 1. The van der Waals surface area contributed by atoms with Crippen molar-refractivity contribution in [2.24, 2.45) is 0 Å². The summed E-state index contributed by atoms with van der Waals surface area (Å²) in [6.45, 7) is 4.09. The molecule has 0 saturated carbocycles. The maximum atomic E-state index is 12.7. The number of hydrogen-bond acceptors (Lipinski definition) is 4. The van der Waals surface area contributed by atoms with Crippen LogP contribution in [0.3, 0.4) is 0 Å². The van der Waals surface area contributed by atoms with Crippen LogP contribution in [0.5, 0.6) is 11.5 Å². The minimum atomic E-state index is -0.510. The predicted molar refractivity (Wildman–Crippen MR) is 132 cm³/mol. The van der Waals surface area contributed by atoms with Crippen LogP contribution >= 0.6 is 23.2 Å². The van der Waals surface area contributed by atoms with Crippen LogP contribution < -0.4 is 14.8 Å². The molecule has 0 aromatic heterocycles. The summed E-state index contributed by atoms with van der Waals surface area (Å²) in [4.78, 5) is 12.7. The van der Waals surface area contributed by atoms with Gasteiger partial charge < -0.3 is 14.8 Å². The molecule has 5 nitrogen and oxygen atoms in total. The van der Waals surface area contributed by atoms with E-state index in [9.17, 15) is 10.1 Å². The van der Waals surface area contributed by atoms with Gasteiger partial charge in [0.2, 0.25) is 0 Å². The molecule has 0 saturated heterocycles. The number of benzene rings is 3. The van der Waals surface area contributed by atoms with Gasteiger partial charge >= 0.3 is 0 Å². The average molecular weight is 481 g/mol. The van der Waals surface area contributed by atoms with Crippen LogP contribution in [-0.4, -0.2) is 13.0 Å². The molecule has 1 amide bonds. The second kappa shape index (κ2) is 10.9. The van der Waals surface area contributed by atoms with Crippen LogP contribution in [0.2, 0.25) is 10.0 Å². The lowest BCUT2D eigenvalue weighted by Crippen LogP contribution is -2.14. The zero-order valence-electron chi connectivity index (χ0n) is 18.4. The highest BCUT2D eigenvalue weighted by Crippen LogP contribution is 2.37. The minimum Gasteiger partial charge on any atom is -0.493 e. The molecule has 0 fully saturated rings. The van der Waals surface area contributed by atoms with E-state index in [-0.39, 0.29) is 12.2 Å². The number of halogens is 2. The van der Waals surface area contributed by atoms with Gasteiger partial charge in [-0.1, -0.05) is 47.5 Å². The largest absolute Gasteiger partial charge is 0.493 e. The SMILES string of the molecule is COc1cc(/C=C(\C#N)C(=O)Nc2cc(C)ccc2C)cc(Cl)c1OCc1ccc(Cl)cc1. The molecule has 0 aliphatic heterocycles. The smallest absolute Gasteiger partial charge is 0.266 e. The molecule has 3 rings (SSSR count). The molecule has 0 spiro atoms. The fourth-order valence-electron chi connectivity index (χ4n) is 3.07. The lowest BCUT2D eigenvalue weighted by Gasteiger charge is -2.14. The first-order valence-electron chi connectivity index (χ1n) is 10.1. The highest BCUT2D eigenvalue weighted by Gasteiger charge is 2.15. The number of hydrogen-bond donors (Lipinski definition) is 1. The predicted octanol–water partition coefficient (Wildman–Crippen LogP) is 6.74. The molecule has 0 aliphatic carbocycles. The molecule has 3 aromatic carbocycles. The number of anilines is 1. The summed E-state index contributed by atoms with van der Waals surface area (Å²) in [6.07, 6.45) is 1.46. The normalized spacial score (nSPS) is 11.0. The first-order chi connectivity index (χ1) is 15.8. The van der Waals surface area contributed by atoms with Gasteiger partial charge in [-0.25, -0.2) is 0 Å². The summed E-state index contributed by atoms with van der Waals surface area (Å²) >= 11 is 12.4. The Bertz CT molecular complexity index is 1250. The van der Waals surface area contributed by atoms with Gasteiger partial charge in [0.05, 0.1) is 12.1 Å². The second-order valence-electron chi connectivity index (χ2n) is 7.39. The molecule has 3 aromatic rings. The van der Waals surface area contributed by atoms with Crippen molar-refractivity contribution in [1.29, 1.82) is 5.26 Å². The van der Waals surface area contributed by atoms with Crippen molar-refractivity contribution in [2.75, 3.05) is 12.4 Å². The monoisotopic (exact) mass is 480 g/mol. The molecule has 33 heavy (non-hydrogen) atoms. The van der Waals surface area contributed by atoms with Gasteiger partial charge in [-0.3, -0.25) is 4.79 Å². The van der Waals surface area contributed by atoms with Crippen molar-refractivity contribution in [1.82, 2.24) is 0 Å². The van der Waals surface area contributed by atoms with E-state index in [0.717, 1.165) is 16.7 Å². The number of ether oxygens (including phenoxy) is 2. The minimum absolute atomic E-state index is 0.0659. The summed E-state index contributed by atoms with van der Waals surface area (Å²) in [5.74, 6) is 0.240. The standard InChI is InChI=1S/C26H22Cl2N2O3/c1-16-4-5-17(2)23(10-16)30-26(31)20(14-29)11-19-12-22(28)25(24(13-19)32-3)33-15-18-6-8-21(27)9-7-18/h4-13H,15H2,1-3H3,(H,30,31)/b20-11+. The van der Waals surface area contributed by atoms with Crippen molar-refractivity contribution >= 4 is 40.9 Å². The first-order valence-corrected chi connectivity index (χ1v) is 10.8. The zero-order valence-corrected chi connectivity index (χ0v) is 19.9. The van der Waals surface area contributed by atoms with Crippen molar-refractivity contribution in [3.63, 3.8) is 0 Å². The van der Waals surface area contributed by atoms with Crippen LogP contribution in [-0.2, 0) is 11.4 Å². The van der Waals surface area contributed by atoms with Crippen LogP contribution in [0.25, 0.3) is 6.08 Å². The van der Waals surface area contributed by atoms with Gasteiger partial charge in [0.1, 0.15) is 18.2 Å². The number of carbonyl (C=O) groups is 1.